The summed E-state index contributed by atoms with van der Waals surface area (Å²) in [4.78, 5) is 10.4. The van der Waals surface area contributed by atoms with Crippen molar-refractivity contribution in [2.24, 2.45) is 0 Å². The summed E-state index contributed by atoms with van der Waals surface area (Å²) in [7, 11) is 0. The molecule has 1 aromatic heterocycles. The third-order valence-corrected chi connectivity index (χ3v) is 3.75. The zero-order valence-corrected chi connectivity index (χ0v) is 11.3. The summed E-state index contributed by atoms with van der Waals surface area (Å²) >= 11 is 6.11. The Bertz CT molecular complexity index is 630. The van der Waals surface area contributed by atoms with Crippen LogP contribution in [0.15, 0.2) is 24.5 Å². The lowest BCUT2D eigenvalue weighted by molar-refractivity contribution is 0.628. The quantitative estimate of drug-likeness (QED) is 0.787. The van der Waals surface area contributed by atoms with Crippen molar-refractivity contribution in [3.05, 3.63) is 46.6 Å². The van der Waals surface area contributed by atoms with Gasteiger partial charge in [-0.05, 0) is 30.5 Å². The standard InChI is InChI=1S/C14H13ClFN3/c1-2-11-13(15)17-8-18-14(11)19-6-5-9-3-4-10(16)7-12(9)19/h3-4,7-8H,2,5-6H2,1H3. The van der Waals surface area contributed by atoms with Gasteiger partial charge in [0.2, 0.25) is 0 Å². The average molecular weight is 278 g/mol. The molecular formula is C14H13ClFN3. The van der Waals surface area contributed by atoms with Crippen LogP contribution in [0.4, 0.5) is 15.9 Å². The first kappa shape index (κ1) is 12.4. The van der Waals surface area contributed by atoms with Gasteiger partial charge in [-0.2, -0.15) is 0 Å². The number of fused-ring (bicyclic) bond motifs is 1. The zero-order chi connectivity index (χ0) is 13.4. The van der Waals surface area contributed by atoms with Gasteiger partial charge in [0.15, 0.2) is 0 Å². The van der Waals surface area contributed by atoms with E-state index in [4.69, 9.17) is 11.6 Å². The highest BCUT2D eigenvalue weighted by Gasteiger charge is 2.24. The van der Waals surface area contributed by atoms with Gasteiger partial charge < -0.3 is 4.90 Å². The third-order valence-electron chi connectivity index (χ3n) is 3.42. The Balaban J connectivity index is 2.11. The zero-order valence-electron chi connectivity index (χ0n) is 10.5. The summed E-state index contributed by atoms with van der Waals surface area (Å²) in [5.41, 5.74) is 2.92. The van der Waals surface area contributed by atoms with Gasteiger partial charge in [-0.3, -0.25) is 0 Å². The van der Waals surface area contributed by atoms with E-state index >= 15 is 0 Å². The van der Waals surface area contributed by atoms with Gasteiger partial charge in [0.05, 0.1) is 0 Å². The van der Waals surface area contributed by atoms with Crippen LogP contribution in [-0.2, 0) is 12.8 Å². The molecule has 3 nitrogen and oxygen atoms in total. The normalized spacial score (nSPS) is 13.7. The summed E-state index contributed by atoms with van der Waals surface area (Å²) in [6, 6.07) is 4.88. The fraction of sp³-hybridized carbons (Fsp3) is 0.286. The summed E-state index contributed by atoms with van der Waals surface area (Å²) in [6.45, 7) is 2.80. The van der Waals surface area contributed by atoms with Crippen molar-refractivity contribution in [3.63, 3.8) is 0 Å². The molecular weight excluding hydrogens is 265 g/mol. The van der Waals surface area contributed by atoms with Gasteiger partial charge >= 0.3 is 0 Å². The van der Waals surface area contributed by atoms with E-state index in [9.17, 15) is 4.39 Å². The Morgan fingerprint density at radius 2 is 2.21 bits per heavy atom. The molecule has 0 bridgehead atoms. The summed E-state index contributed by atoms with van der Waals surface area (Å²) < 4.78 is 13.4. The van der Waals surface area contributed by atoms with E-state index in [0.717, 1.165) is 42.0 Å². The fourth-order valence-corrected chi connectivity index (χ4v) is 2.75. The first-order chi connectivity index (χ1) is 9.20. The Morgan fingerprint density at radius 3 is 3.00 bits per heavy atom. The molecule has 1 aliphatic rings. The van der Waals surface area contributed by atoms with E-state index in [0.29, 0.717) is 5.15 Å². The predicted octanol–water partition coefficient (Wildman–Crippen LogP) is 3.53. The lowest BCUT2D eigenvalue weighted by Crippen LogP contribution is -2.17. The van der Waals surface area contributed by atoms with Crippen LogP contribution in [0.5, 0.6) is 0 Å². The van der Waals surface area contributed by atoms with Crippen molar-refractivity contribution in [1.29, 1.82) is 0 Å². The molecule has 19 heavy (non-hydrogen) atoms. The molecule has 98 valence electrons. The maximum Gasteiger partial charge on any atom is 0.141 e. The number of rotatable bonds is 2. The van der Waals surface area contributed by atoms with Gasteiger partial charge in [-0.1, -0.05) is 24.6 Å². The SMILES string of the molecule is CCc1c(Cl)ncnc1N1CCc2ccc(F)cc21. The minimum absolute atomic E-state index is 0.233. The summed E-state index contributed by atoms with van der Waals surface area (Å²) in [6.07, 6.45) is 3.09. The molecule has 0 radical (unpaired) electrons. The van der Waals surface area contributed by atoms with Crippen molar-refractivity contribution in [1.82, 2.24) is 9.97 Å². The first-order valence-corrected chi connectivity index (χ1v) is 6.64. The molecule has 0 N–H and O–H groups in total. The van der Waals surface area contributed by atoms with Crippen LogP contribution >= 0.6 is 11.6 Å². The van der Waals surface area contributed by atoms with Crippen LogP contribution in [0, 0.1) is 5.82 Å². The molecule has 0 amide bonds. The van der Waals surface area contributed by atoms with Crippen LogP contribution in [-0.4, -0.2) is 16.5 Å². The average Bonchev–Trinajstić information content (AvgIpc) is 2.81. The molecule has 2 aromatic rings. The lowest BCUT2D eigenvalue weighted by Gasteiger charge is -2.21. The molecule has 0 aliphatic carbocycles. The Hall–Kier alpha value is -1.68. The largest absolute Gasteiger partial charge is 0.325 e. The van der Waals surface area contributed by atoms with E-state index in [1.165, 1.54) is 12.4 Å². The van der Waals surface area contributed by atoms with Crippen molar-refractivity contribution >= 4 is 23.1 Å². The van der Waals surface area contributed by atoms with Crippen LogP contribution in [0.1, 0.15) is 18.1 Å². The number of benzene rings is 1. The monoisotopic (exact) mass is 277 g/mol. The van der Waals surface area contributed by atoms with Crippen LogP contribution in [0.25, 0.3) is 0 Å². The summed E-state index contributed by atoms with van der Waals surface area (Å²) in [5.74, 6) is 0.552. The number of nitrogens with zero attached hydrogens (tertiary/aromatic N) is 3. The minimum atomic E-state index is -0.233. The molecule has 0 spiro atoms. The minimum Gasteiger partial charge on any atom is -0.325 e. The van der Waals surface area contributed by atoms with E-state index in [-0.39, 0.29) is 5.82 Å². The number of hydrogen-bond donors (Lipinski definition) is 0. The number of hydrogen-bond acceptors (Lipinski definition) is 3. The number of aromatic nitrogens is 2. The second kappa shape index (κ2) is 4.78. The van der Waals surface area contributed by atoms with Crippen molar-refractivity contribution < 1.29 is 4.39 Å². The smallest absolute Gasteiger partial charge is 0.141 e. The lowest BCUT2D eigenvalue weighted by atomic mass is 10.1. The Labute approximate surface area is 116 Å². The third kappa shape index (κ3) is 2.06. The molecule has 0 fully saturated rings. The van der Waals surface area contributed by atoms with Crippen molar-refractivity contribution in [2.45, 2.75) is 19.8 Å². The Morgan fingerprint density at radius 1 is 1.37 bits per heavy atom. The molecule has 3 rings (SSSR count). The predicted molar refractivity (Wildman–Crippen MR) is 73.5 cm³/mol. The molecule has 0 atom stereocenters. The van der Waals surface area contributed by atoms with Gasteiger partial charge in [0.25, 0.3) is 0 Å². The van der Waals surface area contributed by atoms with E-state index in [2.05, 4.69) is 9.97 Å². The second-order valence-electron chi connectivity index (χ2n) is 4.49. The molecule has 0 unspecified atom stereocenters. The van der Waals surface area contributed by atoms with Gasteiger partial charge in [-0.25, -0.2) is 14.4 Å². The van der Waals surface area contributed by atoms with Crippen molar-refractivity contribution in [2.75, 3.05) is 11.4 Å². The van der Waals surface area contributed by atoms with E-state index in [1.54, 1.807) is 6.07 Å². The molecule has 1 aromatic carbocycles. The summed E-state index contributed by atoms with van der Waals surface area (Å²) in [5, 5.41) is 0.470. The second-order valence-corrected chi connectivity index (χ2v) is 4.85. The highest BCUT2D eigenvalue weighted by Crippen LogP contribution is 2.36. The highest BCUT2D eigenvalue weighted by atomic mass is 35.5. The number of halogens is 2. The molecule has 0 saturated carbocycles. The van der Waals surface area contributed by atoms with Crippen LogP contribution < -0.4 is 4.90 Å². The topological polar surface area (TPSA) is 29.0 Å². The highest BCUT2D eigenvalue weighted by molar-refractivity contribution is 6.30. The Kier molecular flexibility index (Phi) is 3.11. The van der Waals surface area contributed by atoms with Crippen LogP contribution in [0.3, 0.4) is 0 Å². The molecule has 0 saturated heterocycles. The first-order valence-electron chi connectivity index (χ1n) is 6.26. The fourth-order valence-electron chi connectivity index (χ4n) is 2.49. The van der Waals surface area contributed by atoms with E-state index in [1.807, 2.05) is 17.9 Å². The maximum atomic E-state index is 13.4. The van der Waals surface area contributed by atoms with E-state index < -0.39 is 0 Å². The number of anilines is 2. The molecule has 1 aliphatic heterocycles. The van der Waals surface area contributed by atoms with Gasteiger partial charge in [-0.15, -0.1) is 0 Å². The maximum absolute atomic E-state index is 13.4. The van der Waals surface area contributed by atoms with Crippen LogP contribution in [0.2, 0.25) is 5.15 Å². The van der Waals surface area contributed by atoms with Gasteiger partial charge in [0.1, 0.15) is 23.1 Å². The molecule has 5 heteroatoms. The molecule has 2 heterocycles. The van der Waals surface area contributed by atoms with Crippen molar-refractivity contribution in [3.8, 4) is 0 Å². The van der Waals surface area contributed by atoms with Gasteiger partial charge in [0, 0.05) is 17.8 Å².